The summed E-state index contributed by atoms with van der Waals surface area (Å²) in [5, 5.41) is 0.742. The summed E-state index contributed by atoms with van der Waals surface area (Å²) in [7, 11) is -8.37. The largest absolute Gasteiger partial charge is 0.443 e. The lowest BCUT2D eigenvalue weighted by molar-refractivity contribution is 0.0342. The molecule has 1 saturated heterocycles. The first-order valence-corrected chi connectivity index (χ1v) is 15.8. The number of carbonyl (C=O) groups excluding carboxylic acids is 1. The second-order valence-corrected chi connectivity index (χ2v) is 14.4. The normalized spacial score (nSPS) is 15.8. The molecular weight excluding hydrogens is 527 g/mol. The van der Waals surface area contributed by atoms with Crippen molar-refractivity contribution in [3.63, 3.8) is 0 Å². The summed E-state index contributed by atoms with van der Waals surface area (Å²) < 4.78 is 63.0. The number of benzene rings is 1. The number of sulfonamides is 1. The maximum atomic E-state index is 13.7. The fourth-order valence-corrected chi connectivity index (χ4v) is 8.58. The highest BCUT2D eigenvalue weighted by molar-refractivity contribution is 7.92. The molecule has 202 valence electrons. The van der Waals surface area contributed by atoms with Crippen LogP contribution in [0.25, 0.3) is 10.1 Å². The molecule has 1 amide bonds. The number of fused-ring (bicyclic) bond motifs is 1. The van der Waals surface area contributed by atoms with Gasteiger partial charge in [0.15, 0.2) is 0 Å². The summed E-state index contributed by atoms with van der Waals surface area (Å²) in [6.07, 6.45) is -1.93. The molecule has 2 heterocycles. The number of hydrogen-bond donors (Lipinski definition) is 0. The van der Waals surface area contributed by atoms with Crippen molar-refractivity contribution in [2.45, 2.75) is 51.0 Å². The van der Waals surface area contributed by atoms with E-state index >= 15 is 0 Å². The summed E-state index contributed by atoms with van der Waals surface area (Å²) in [5.74, 6) is 0. The predicted octanol–water partition coefficient (Wildman–Crippen LogP) is 4.88. The molecule has 10 nitrogen and oxygen atoms in total. The van der Waals surface area contributed by atoms with E-state index in [-0.39, 0.29) is 17.4 Å². The molecule has 0 N–H and O–H groups in total. The zero-order valence-corrected chi connectivity index (χ0v) is 23.9. The molecule has 0 unspecified atom stereocenters. The first kappa shape index (κ1) is 29.0. The van der Waals surface area contributed by atoms with Gasteiger partial charge in [0.05, 0.1) is 26.4 Å². The van der Waals surface area contributed by atoms with Gasteiger partial charge in [0.25, 0.3) is 10.0 Å². The highest BCUT2D eigenvalue weighted by atomic mass is 32.2. The maximum Gasteiger partial charge on any atom is 0.424 e. The molecule has 1 aromatic heterocycles. The Morgan fingerprint density at radius 2 is 1.78 bits per heavy atom. The van der Waals surface area contributed by atoms with Gasteiger partial charge in [0.1, 0.15) is 16.1 Å². The van der Waals surface area contributed by atoms with Crippen LogP contribution in [0.4, 0.5) is 4.79 Å². The van der Waals surface area contributed by atoms with Crippen LogP contribution in [0.2, 0.25) is 0 Å². The van der Waals surface area contributed by atoms with Gasteiger partial charge in [-0.1, -0.05) is 6.07 Å². The molecule has 0 saturated carbocycles. The molecule has 13 heteroatoms. The van der Waals surface area contributed by atoms with Crippen molar-refractivity contribution in [3.05, 3.63) is 29.8 Å². The van der Waals surface area contributed by atoms with E-state index in [4.69, 9.17) is 18.5 Å². The summed E-state index contributed by atoms with van der Waals surface area (Å²) in [5.41, 5.74) is 0.0769. The highest BCUT2D eigenvalue weighted by Gasteiger charge is 2.41. The molecule has 0 atom stereocenters. The van der Waals surface area contributed by atoms with Gasteiger partial charge in [-0.2, -0.15) is 12.7 Å². The van der Waals surface area contributed by atoms with Crippen molar-refractivity contribution in [2.75, 3.05) is 45.8 Å². The third kappa shape index (κ3) is 7.50. The third-order valence-electron chi connectivity index (χ3n) is 5.16. The molecule has 0 radical (unpaired) electrons. The monoisotopic (exact) mass is 562 g/mol. The lowest BCUT2D eigenvalue weighted by atomic mass is 10.1. The van der Waals surface area contributed by atoms with Crippen LogP contribution >= 0.6 is 18.9 Å². The van der Waals surface area contributed by atoms with Crippen molar-refractivity contribution in [1.29, 1.82) is 0 Å². The average molecular weight is 563 g/mol. The number of hydrogen-bond acceptors (Lipinski definition) is 10. The van der Waals surface area contributed by atoms with Crippen molar-refractivity contribution in [1.82, 2.24) is 9.21 Å². The second kappa shape index (κ2) is 11.9. The second-order valence-electron chi connectivity index (χ2n) is 9.25. The first-order valence-electron chi connectivity index (χ1n) is 11.8. The van der Waals surface area contributed by atoms with Crippen molar-refractivity contribution < 1.29 is 36.3 Å². The number of thiophene rings is 1. The van der Waals surface area contributed by atoms with Gasteiger partial charge >= 0.3 is 13.7 Å². The standard InChI is InChI=1S/C23H35N2O8PS2/c1-6-31-34(27,32-7-2)17-25(22(26)33-23(3,4)5)36(28,29)21-15-19-14-18(8-9-20(19)35-21)16-24-10-12-30-13-11-24/h8-9,14-15H,6-7,10-13,16-17H2,1-5H3. The van der Waals surface area contributed by atoms with Crippen LogP contribution in [0.1, 0.15) is 40.2 Å². The summed E-state index contributed by atoms with van der Waals surface area (Å²) in [4.78, 5) is 15.3. The van der Waals surface area contributed by atoms with Gasteiger partial charge < -0.3 is 18.5 Å². The van der Waals surface area contributed by atoms with Gasteiger partial charge in [0.2, 0.25) is 0 Å². The zero-order valence-electron chi connectivity index (χ0n) is 21.4. The number of nitrogens with zero attached hydrogens (tertiary/aromatic N) is 2. The van der Waals surface area contributed by atoms with E-state index in [1.165, 1.54) is 6.07 Å². The maximum absolute atomic E-state index is 13.7. The van der Waals surface area contributed by atoms with Gasteiger partial charge in [0, 0.05) is 24.3 Å². The van der Waals surface area contributed by atoms with Crippen LogP contribution in [-0.4, -0.2) is 75.1 Å². The minimum Gasteiger partial charge on any atom is -0.443 e. The Morgan fingerprint density at radius 1 is 1.14 bits per heavy atom. The molecule has 36 heavy (non-hydrogen) atoms. The van der Waals surface area contributed by atoms with E-state index < -0.39 is 35.6 Å². The zero-order chi connectivity index (χ0) is 26.6. The van der Waals surface area contributed by atoms with Crippen LogP contribution in [0.5, 0.6) is 0 Å². The Hall–Kier alpha value is -1.53. The lowest BCUT2D eigenvalue weighted by Crippen LogP contribution is -2.41. The fraction of sp³-hybridized carbons (Fsp3) is 0.609. The number of amides is 1. The van der Waals surface area contributed by atoms with Crippen molar-refractivity contribution >= 4 is 45.1 Å². The molecule has 0 spiro atoms. The lowest BCUT2D eigenvalue weighted by Gasteiger charge is -2.28. The quantitative estimate of drug-likeness (QED) is 0.374. The van der Waals surface area contributed by atoms with E-state index in [2.05, 4.69) is 4.90 Å². The van der Waals surface area contributed by atoms with Gasteiger partial charge in [-0.3, -0.25) is 9.46 Å². The Balaban J connectivity index is 1.95. The third-order valence-corrected chi connectivity index (χ3v) is 10.6. The molecule has 1 aliphatic heterocycles. The molecule has 1 fully saturated rings. The Morgan fingerprint density at radius 3 is 2.36 bits per heavy atom. The Kier molecular flexibility index (Phi) is 9.59. The van der Waals surface area contributed by atoms with Gasteiger partial charge in [-0.15, -0.1) is 11.3 Å². The minimum atomic E-state index is -4.43. The van der Waals surface area contributed by atoms with E-state index in [1.807, 2.05) is 18.2 Å². The van der Waals surface area contributed by atoms with Gasteiger partial charge in [-0.05, 0) is 63.8 Å². The smallest absolute Gasteiger partial charge is 0.424 e. The van der Waals surface area contributed by atoms with E-state index in [0.717, 1.165) is 46.6 Å². The highest BCUT2D eigenvalue weighted by Crippen LogP contribution is 2.50. The van der Waals surface area contributed by atoms with E-state index in [9.17, 15) is 17.8 Å². The topological polar surface area (TPSA) is 112 Å². The molecule has 1 aromatic carbocycles. The number of carbonyl (C=O) groups is 1. The predicted molar refractivity (Wildman–Crippen MR) is 139 cm³/mol. The van der Waals surface area contributed by atoms with Gasteiger partial charge in [-0.25, -0.2) is 4.79 Å². The Labute approximate surface area is 217 Å². The van der Waals surface area contributed by atoms with Crippen LogP contribution in [-0.2, 0) is 39.7 Å². The molecule has 1 aliphatic rings. The fourth-order valence-electron chi connectivity index (χ4n) is 3.63. The molecule has 3 rings (SSSR count). The Bertz CT molecular complexity index is 1190. The molecule has 0 bridgehead atoms. The minimum absolute atomic E-state index is 0.0221. The summed E-state index contributed by atoms with van der Waals surface area (Å²) in [6, 6.07) is 7.32. The molecular formula is C23H35N2O8PS2. The molecule has 2 aromatic rings. The van der Waals surface area contributed by atoms with E-state index in [0.29, 0.717) is 17.5 Å². The number of rotatable bonds is 10. The molecule has 0 aliphatic carbocycles. The SMILES string of the molecule is CCOP(=O)(CN(C(=O)OC(C)(C)C)S(=O)(=O)c1cc2cc(CN3CCOCC3)ccc2s1)OCC. The van der Waals surface area contributed by atoms with Crippen molar-refractivity contribution in [3.8, 4) is 0 Å². The van der Waals surface area contributed by atoms with Crippen LogP contribution < -0.4 is 0 Å². The van der Waals surface area contributed by atoms with Crippen LogP contribution in [0.15, 0.2) is 28.5 Å². The van der Waals surface area contributed by atoms with Crippen molar-refractivity contribution in [2.24, 2.45) is 0 Å². The number of ether oxygens (including phenoxy) is 2. The summed E-state index contributed by atoms with van der Waals surface area (Å²) in [6.45, 7) is 11.9. The first-order chi connectivity index (χ1) is 16.9. The summed E-state index contributed by atoms with van der Waals surface area (Å²) >= 11 is 1.03. The van der Waals surface area contributed by atoms with Crippen LogP contribution in [0, 0.1) is 0 Å². The average Bonchev–Trinajstić information content (AvgIpc) is 3.22. The van der Waals surface area contributed by atoms with E-state index in [1.54, 1.807) is 34.6 Å². The number of morpholine rings is 1. The van der Waals surface area contributed by atoms with Crippen LogP contribution in [0.3, 0.4) is 0 Å².